The molecule has 0 amide bonds. The molecule has 1 aliphatic heterocycles. The second kappa shape index (κ2) is 9.05. The normalized spacial score (nSPS) is 16.6. The van der Waals surface area contributed by atoms with Crippen LogP contribution in [-0.2, 0) is 12.7 Å². The number of hydrogen-bond donors (Lipinski definition) is 0. The fourth-order valence-corrected chi connectivity index (χ4v) is 3.67. The molecule has 0 spiro atoms. The molecular weight excluding hydrogens is 368 g/mol. The van der Waals surface area contributed by atoms with E-state index in [2.05, 4.69) is 16.7 Å². The third kappa shape index (κ3) is 5.55. The summed E-state index contributed by atoms with van der Waals surface area (Å²) in [6.45, 7) is 6.52. The summed E-state index contributed by atoms with van der Waals surface area (Å²) in [5.74, 6) is -0.276. The van der Waals surface area contributed by atoms with Crippen molar-refractivity contribution in [3.8, 4) is 0 Å². The molecule has 0 aliphatic carbocycles. The van der Waals surface area contributed by atoms with E-state index < -0.39 is 11.7 Å². The van der Waals surface area contributed by atoms with Gasteiger partial charge in [-0.25, -0.2) is 4.39 Å². The van der Waals surface area contributed by atoms with Crippen LogP contribution in [0.2, 0.25) is 0 Å². The predicted octanol–water partition coefficient (Wildman–Crippen LogP) is 5.50. The molecule has 0 aromatic heterocycles. The maximum absolute atomic E-state index is 13.3. The topological polar surface area (TPSA) is 6.48 Å². The lowest BCUT2D eigenvalue weighted by Gasteiger charge is -2.31. The first-order valence-corrected chi connectivity index (χ1v) is 9.71. The highest BCUT2D eigenvalue weighted by Crippen LogP contribution is 2.30. The van der Waals surface area contributed by atoms with E-state index in [1.165, 1.54) is 25.0 Å². The number of halogens is 4. The molecule has 6 heteroatoms. The summed E-state index contributed by atoms with van der Waals surface area (Å²) in [6.07, 6.45) is -1.89. The minimum absolute atomic E-state index is 0.0329. The van der Waals surface area contributed by atoms with Crippen molar-refractivity contribution >= 4 is 0 Å². The van der Waals surface area contributed by atoms with Crippen molar-refractivity contribution in [2.45, 2.75) is 38.5 Å². The lowest BCUT2D eigenvalue weighted by Crippen LogP contribution is -2.35. The van der Waals surface area contributed by atoms with E-state index in [-0.39, 0.29) is 11.9 Å². The monoisotopic (exact) mass is 394 g/mol. The highest BCUT2D eigenvalue weighted by Gasteiger charge is 2.30. The third-order valence-corrected chi connectivity index (χ3v) is 5.47. The molecule has 1 saturated heterocycles. The minimum atomic E-state index is -4.32. The second-order valence-electron chi connectivity index (χ2n) is 7.44. The summed E-state index contributed by atoms with van der Waals surface area (Å²) in [7, 11) is 0. The van der Waals surface area contributed by atoms with Crippen molar-refractivity contribution in [3.05, 3.63) is 71.0 Å². The van der Waals surface area contributed by atoms with Crippen LogP contribution < -0.4 is 0 Å². The van der Waals surface area contributed by atoms with Crippen molar-refractivity contribution in [1.82, 2.24) is 9.80 Å². The number of benzene rings is 2. The number of alkyl halides is 3. The van der Waals surface area contributed by atoms with Crippen molar-refractivity contribution in [2.75, 3.05) is 26.2 Å². The van der Waals surface area contributed by atoms with Gasteiger partial charge in [0.2, 0.25) is 0 Å². The van der Waals surface area contributed by atoms with Gasteiger partial charge in [0.25, 0.3) is 0 Å². The van der Waals surface area contributed by atoms with Crippen LogP contribution in [0.3, 0.4) is 0 Å². The van der Waals surface area contributed by atoms with Crippen molar-refractivity contribution in [2.24, 2.45) is 0 Å². The zero-order valence-corrected chi connectivity index (χ0v) is 16.1. The molecule has 0 radical (unpaired) electrons. The van der Waals surface area contributed by atoms with Gasteiger partial charge in [-0.2, -0.15) is 13.2 Å². The fraction of sp³-hybridized carbons (Fsp3) is 0.455. The van der Waals surface area contributed by atoms with Crippen LogP contribution in [0, 0.1) is 5.82 Å². The van der Waals surface area contributed by atoms with E-state index in [9.17, 15) is 17.6 Å². The lowest BCUT2D eigenvalue weighted by molar-refractivity contribution is -0.137. The first-order valence-electron chi connectivity index (χ1n) is 9.71. The maximum atomic E-state index is 13.3. The molecule has 28 heavy (non-hydrogen) atoms. The summed E-state index contributed by atoms with van der Waals surface area (Å²) in [5.41, 5.74) is 1.20. The Kier molecular flexibility index (Phi) is 6.73. The van der Waals surface area contributed by atoms with Crippen LogP contribution in [0.1, 0.15) is 42.5 Å². The van der Waals surface area contributed by atoms with Crippen molar-refractivity contribution in [1.29, 1.82) is 0 Å². The van der Waals surface area contributed by atoms with Gasteiger partial charge in [-0.15, -0.1) is 0 Å². The molecule has 152 valence electrons. The Labute approximate surface area is 163 Å². The quantitative estimate of drug-likeness (QED) is 0.572. The van der Waals surface area contributed by atoms with Crippen LogP contribution in [-0.4, -0.2) is 36.0 Å². The Balaban J connectivity index is 1.73. The summed E-state index contributed by atoms with van der Waals surface area (Å²) >= 11 is 0. The molecule has 1 heterocycles. The Hall–Kier alpha value is -1.92. The fourth-order valence-electron chi connectivity index (χ4n) is 3.67. The van der Waals surface area contributed by atoms with Crippen LogP contribution in [0.4, 0.5) is 17.6 Å². The number of likely N-dealkylation sites (tertiary alicyclic amines) is 1. The average molecular weight is 394 g/mol. The first kappa shape index (κ1) is 20.8. The van der Waals surface area contributed by atoms with Gasteiger partial charge < -0.3 is 4.90 Å². The summed E-state index contributed by atoms with van der Waals surface area (Å²) in [5, 5.41) is 0. The van der Waals surface area contributed by atoms with Crippen molar-refractivity contribution < 1.29 is 17.6 Å². The van der Waals surface area contributed by atoms with E-state index in [1.807, 2.05) is 0 Å². The molecule has 2 nitrogen and oxygen atoms in total. The van der Waals surface area contributed by atoms with E-state index in [0.29, 0.717) is 6.54 Å². The van der Waals surface area contributed by atoms with E-state index in [0.717, 1.165) is 49.4 Å². The SMILES string of the molecule is C[C@H](c1ccc(F)cc1)N(CCN1CCCC1)Cc1ccc(C(F)(F)F)cc1. The molecule has 0 N–H and O–H groups in total. The first-order chi connectivity index (χ1) is 13.3. The number of rotatable bonds is 7. The summed E-state index contributed by atoms with van der Waals surface area (Å²) < 4.78 is 51.7. The average Bonchev–Trinajstić information content (AvgIpc) is 3.18. The standard InChI is InChI=1S/C22H26F4N2/c1-17(19-6-10-21(23)11-7-19)28(15-14-27-12-2-3-13-27)16-18-4-8-20(9-5-18)22(24,25)26/h4-11,17H,2-3,12-16H2,1H3/t17-/m1/s1. The second-order valence-corrected chi connectivity index (χ2v) is 7.44. The maximum Gasteiger partial charge on any atom is 0.416 e. The van der Waals surface area contributed by atoms with Crippen LogP contribution in [0.5, 0.6) is 0 Å². The largest absolute Gasteiger partial charge is 0.416 e. The Bertz CT molecular complexity index is 735. The van der Waals surface area contributed by atoms with E-state index in [1.54, 1.807) is 24.3 Å². The molecule has 1 fully saturated rings. The lowest BCUT2D eigenvalue weighted by atomic mass is 10.0. The molecule has 1 atom stereocenters. The van der Waals surface area contributed by atoms with Crippen LogP contribution >= 0.6 is 0 Å². The Morgan fingerprint density at radius 1 is 0.964 bits per heavy atom. The molecule has 3 rings (SSSR count). The molecule has 2 aromatic rings. The Morgan fingerprint density at radius 2 is 1.57 bits per heavy atom. The smallest absolute Gasteiger partial charge is 0.302 e. The molecule has 0 unspecified atom stereocenters. The van der Waals surface area contributed by atoms with Gasteiger partial charge in [-0.05, 0) is 68.2 Å². The highest BCUT2D eigenvalue weighted by atomic mass is 19.4. The predicted molar refractivity (Wildman–Crippen MR) is 102 cm³/mol. The van der Waals surface area contributed by atoms with Crippen molar-refractivity contribution in [3.63, 3.8) is 0 Å². The third-order valence-electron chi connectivity index (χ3n) is 5.47. The van der Waals surface area contributed by atoms with Gasteiger partial charge in [0.05, 0.1) is 5.56 Å². The highest BCUT2D eigenvalue weighted by molar-refractivity contribution is 5.25. The molecular formula is C22H26F4N2. The van der Waals surface area contributed by atoms with Gasteiger partial charge in [0.15, 0.2) is 0 Å². The van der Waals surface area contributed by atoms with Crippen LogP contribution in [0.15, 0.2) is 48.5 Å². The molecule has 0 saturated carbocycles. The number of nitrogens with zero attached hydrogens (tertiary/aromatic N) is 2. The summed E-state index contributed by atoms with van der Waals surface area (Å²) in [4.78, 5) is 4.66. The molecule has 1 aliphatic rings. The zero-order chi connectivity index (χ0) is 20.1. The van der Waals surface area contributed by atoms with Gasteiger partial charge in [-0.1, -0.05) is 24.3 Å². The van der Waals surface area contributed by atoms with E-state index in [4.69, 9.17) is 0 Å². The minimum Gasteiger partial charge on any atom is -0.302 e. The van der Waals surface area contributed by atoms with Gasteiger partial charge in [0.1, 0.15) is 5.82 Å². The van der Waals surface area contributed by atoms with Crippen LogP contribution in [0.25, 0.3) is 0 Å². The van der Waals surface area contributed by atoms with E-state index >= 15 is 0 Å². The van der Waals surface area contributed by atoms with Gasteiger partial charge in [-0.3, -0.25) is 4.90 Å². The zero-order valence-electron chi connectivity index (χ0n) is 16.1. The molecule has 0 bridgehead atoms. The van der Waals surface area contributed by atoms with Gasteiger partial charge in [0, 0.05) is 25.7 Å². The number of hydrogen-bond acceptors (Lipinski definition) is 2. The molecule has 2 aromatic carbocycles. The Morgan fingerprint density at radius 3 is 2.14 bits per heavy atom. The van der Waals surface area contributed by atoms with Gasteiger partial charge >= 0.3 is 6.18 Å². The summed E-state index contributed by atoms with van der Waals surface area (Å²) in [6, 6.07) is 11.8.